The first-order valence-electron chi connectivity index (χ1n) is 7.28. The quantitative estimate of drug-likeness (QED) is 0.855. The first-order chi connectivity index (χ1) is 11.2. The van der Waals surface area contributed by atoms with Crippen LogP contribution in [0, 0.1) is 17.1 Å². The maximum atomic E-state index is 13.6. The van der Waals surface area contributed by atoms with Gasteiger partial charge in [-0.15, -0.1) is 0 Å². The second-order valence-electron chi connectivity index (χ2n) is 4.92. The van der Waals surface area contributed by atoms with Gasteiger partial charge in [0.1, 0.15) is 24.6 Å². The van der Waals surface area contributed by atoms with Crippen LogP contribution >= 0.6 is 0 Å². The number of benzene rings is 2. The molecular formula is C18H17FN2O2. The van der Waals surface area contributed by atoms with E-state index in [2.05, 4.69) is 5.32 Å². The summed E-state index contributed by atoms with van der Waals surface area (Å²) in [5.74, 6) is 0.0660. The molecule has 0 saturated heterocycles. The number of nitrogens with zero attached hydrogens (tertiary/aromatic N) is 1. The Hall–Kier alpha value is -2.87. The van der Waals surface area contributed by atoms with Crippen LogP contribution in [0.2, 0.25) is 0 Å². The van der Waals surface area contributed by atoms with Gasteiger partial charge >= 0.3 is 0 Å². The minimum atomic E-state index is -0.297. The van der Waals surface area contributed by atoms with Crippen molar-refractivity contribution in [3.8, 4) is 11.8 Å². The summed E-state index contributed by atoms with van der Waals surface area (Å²) >= 11 is 0. The molecule has 0 spiro atoms. The molecule has 2 aromatic rings. The highest BCUT2D eigenvalue weighted by molar-refractivity contribution is 5.77. The number of halogens is 1. The molecule has 23 heavy (non-hydrogen) atoms. The zero-order valence-corrected chi connectivity index (χ0v) is 12.6. The Labute approximate surface area is 134 Å². The number of nitriles is 1. The molecule has 0 aliphatic rings. The Morgan fingerprint density at radius 3 is 2.57 bits per heavy atom. The molecule has 0 saturated carbocycles. The zero-order chi connectivity index (χ0) is 16.5. The van der Waals surface area contributed by atoms with Gasteiger partial charge in [0.15, 0.2) is 0 Å². The van der Waals surface area contributed by atoms with Crippen LogP contribution in [0.1, 0.15) is 17.5 Å². The summed E-state index contributed by atoms with van der Waals surface area (Å²) in [4.78, 5) is 11.3. The monoisotopic (exact) mass is 312 g/mol. The van der Waals surface area contributed by atoms with Crippen molar-refractivity contribution in [2.45, 2.75) is 19.4 Å². The number of carbonyl (C=O) groups is 1. The van der Waals surface area contributed by atoms with E-state index in [1.807, 2.05) is 24.3 Å². The Morgan fingerprint density at radius 1 is 1.13 bits per heavy atom. The van der Waals surface area contributed by atoms with Gasteiger partial charge in [-0.25, -0.2) is 4.39 Å². The van der Waals surface area contributed by atoms with Gasteiger partial charge in [0, 0.05) is 12.1 Å². The van der Waals surface area contributed by atoms with Crippen LogP contribution < -0.4 is 10.1 Å². The summed E-state index contributed by atoms with van der Waals surface area (Å²) in [6.07, 6.45) is 0.427. The van der Waals surface area contributed by atoms with Crippen LogP contribution in [0.5, 0.6) is 5.75 Å². The van der Waals surface area contributed by atoms with Crippen LogP contribution in [0.15, 0.2) is 48.5 Å². The van der Waals surface area contributed by atoms with E-state index in [4.69, 9.17) is 10.00 Å². The van der Waals surface area contributed by atoms with Crippen molar-refractivity contribution >= 4 is 5.91 Å². The third-order valence-corrected chi connectivity index (χ3v) is 3.27. The predicted molar refractivity (Wildman–Crippen MR) is 84.1 cm³/mol. The van der Waals surface area contributed by atoms with E-state index >= 15 is 0 Å². The molecule has 0 aliphatic carbocycles. The van der Waals surface area contributed by atoms with Crippen molar-refractivity contribution in [1.82, 2.24) is 5.32 Å². The van der Waals surface area contributed by atoms with E-state index in [-0.39, 0.29) is 24.8 Å². The lowest BCUT2D eigenvalue weighted by atomic mass is 10.1. The van der Waals surface area contributed by atoms with E-state index in [9.17, 15) is 9.18 Å². The second-order valence-corrected chi connectivity index (χ2v) is 4.92. The number of carbonyl (C=O) groups excluding carboxylic acids is 1. The molecule has 4 nitrogen and oxygen atoms in total. The van der Waals surface area contributed by atoms with Crippen molar-refractivity contribution in [1.29, 1.82) is 5.26 Å². The van der Waals surface area contributed by atoms with Gasteiger partial charge in [0.25, 0.3) is 0 Å². The second kappa shape index (κ2) is 8.54. The lowest BCUT2D eigenvalue weighted by molar-refractivity contribution is -0.120. The lowest BCUT2D eigenvalue weighted by Crippen LogP contribution is -2.25. The molecule has 0 heterocycles. The van der Waals surface area contributed by atoms with E-state index in [0.717, 1.165) is 5.56 Å². The summed E-state index contributed by atoms with van der Waals surface area (Å²) in [6.45, 7) is 0.561. The van der Waals surface area contributed by atoms with Crippen LogP contribution in [0.3, 0.4) is 0 Å². The third-order valence-electron chi connectivity index (χ3n) is 3.27. The fraction of sp³-hybridized carbons (Fsp3) is 0.222. The third kappa shape index (κ3) is 5.11. The van der Waals surface area contributed by atoms with Gasteiger partial charge in [-0.1, -0.05) is 36.4 Å². The summed E-state index contributed by atoms with van der Waals surface area (Å²) in [5.41, 5.74) is 1.41. The maximum Gasteiger partial charge on any atom is 0.234 e. The fourth-order valence-electron chi connectivity index (χ4n) is 2.09. The lowest BCUT2D eigenvalue weighted by Gasteiger charge is -2.12. The van der Waals surface area contributed by atoms with Crippen molar-refractivity contribution in [3.05, 3.63) is 65.5 Å². The zero-order valence-electron chi connectivity index (χ0n) is 12.6. The van der Waals surface area contributed by atoms with Crippen molar-refractivity contribution in [2.75, 3.05) is 6.54 Å². The van der Waals surface area contributed by atoms with Crippen LogP contribution in [0.4, 0.5) is 4.39 Å². The van der Waals surface area contributed by atoms with E-state index < -0.39 is 0 Å². The topological polar surface area (TPSA) is 62.1 Å². The SMILES string of the molecule is N#CCC(=O)NCCc1ccccc1OCc1ccccc1F. The van der Waals surface area contributed by atoms with E-state index in [1.165, 1.54) is 6.07 Å². The van der Waals surface area contributed by atoms with Crippen molar-refractivity contribution in [3.63, 3.8) is 0 Å². The Kier molecular flexibility index (Phi) is 6.13. The highest BCUT2D eigenvalue weighted by Crippen LogP contribution is 2.20. The first kappa shape index (κ1) is 16.5. The molecule has 1 N–H and O–H groups in total. The maximum absolute atomic E-state index is 13.6. The minimum Gasteiger partial charge on any atom is -0.489 e. The van der Waals surface area contributed by atoms with Gasteiger partial charge in [-0.2, -0.15) is 5.26 Å². The molecule has 0 unspecified atom stereocenters. The Morgan fingerprint density at radius 2 is 1.83 bits per heavy atom. The minimum absolute atomic E-state index is 0.143. The van der Waals surface area contributed by atoms with Crippen LogP contribution in [-0.2, 0) is 17.8 Å². The number of amides is 1. The predicted octanol–water partition coefficient (Wildman–Crippen LogP) is 2.98. The highest BCUT2D eigenvalue weighted by Gasteiger charge is 2.06. The van der Waals surface area contributed by atoms with Crippen molar-refractivity contribution < 1.29 is 13.9 Å². The number of hydrogen-bond acceptors (Lipinski definition) is 3. The van der Waals surface area contributed by atoms with Gasteiger partial charge < -0.3 is 10.1 Å². The smallest absolute Gasteiger partial charge is 0.234 e. The molecule has 0 atom stereocenters. The summed E-state index contributed by atoms with van der Waals surface area (Å²) in [7, 11) is 0. The summed E-state index contributed by atoms with van der Waals surface area (Å²) in [6, 6.07) is 15.7. The van der Waals surface area contributed by atoms with Crippen molar-refractivity contribution in [2.24, 2.45) is 0 Å². The number of para-hydroxylation sites is 1. The Bertz CT molecular complexity index is 710. The number of rotatable bonds is 7. The molecule has 0 bridgehead atoms. The number of ether oxygens (including phenoxy) is 1. The summed E-state index contributed by atoms with van der Waals surface area (Å²) < 4.78 is 19.3. The average Bonchev–Trinajstić information content (AvgIpc) is 2.55. The first-order valence-corrected chi connectivity index (χ1v) is 7.28. The number of nitrogens with one attached hydrogen (secondary N) is 1. The normalized spacial score (nSPS) is 9.91. The molecule has 0 aromatic heterocycles. The van der Waals surface area contributed by atoms with E-state index in [0.29, 0.717) is 24.3 Å². The summed E-state index contributed by atoms with van der Waals surface area (Å²) in [5, 5.41) is 11.1. The standard InChI is InChI=1S/C18H17FN2O2/c19-16-7-3-1-6-15(16)13-23-17-8-4-2-5-14(17)10-12-21-18(22)9-11-20/h1-8H,9-10,12-13H2,(H,21,22). The highest BCUT2D eigenvalue weighted by atomic mass is 19.1. The Balaban J connectivity index is 1.94. The molecule has 2 aromatic carbocycles. The van der Waals surface area contributed by atoms with Gasteiger partial charge in [0.2, 0.25) is 5.91 Å². The van der Waals surface area contributed by atoms with Gasteiger partial charge in [-0.05, 0) is 24.1 Å². The van der Waals surface area contributed by atoms with Gasteiger partial charge in [0.05, 0.1) is 6.07 Å². The molecule has 5 heteroatoms. The molecule has 0 radical (unpaired) electrons. The molecule has 2 rings (SSSR count). The molecular weight excluding hydrogens is 295 g/mol. The molecule has 0 fully saturated rings. The molecule has 0 aliphatic heterocycles. The molecule has 118 valence electrons. The fourth-order valence-corrected chi connectivity index (χ4v) is 2.09. The van der Waals surface area contributed by atoms with E-state index in [1.54, 1.807) is 24.3 Å². The van der Waals surface area contributed by atoms with Crippen LogP contribution in [0.25, 0.3) is 0 Å². The molecule has 1 amide bonds. The largest absolute Gasteiger partial charge is 0.489 e. The number of hydrogen-bond donors (Lipinski definition) is 1. The van der Waals surface area contributed by atoms with Crippen LogP contribution in [-0.4, -0.2) is 12.5 Å². The van der Waals surface area contributed by atoms with Gasteiger partial charge in [-0.3, -0.25) is 4.79 Å². The average molecular weight is 312 g/mol.